The van der Waals surface area contributed by atoms with Crippen molar-refractivity contribution in [1.29, 1.82) is 0 Å². The second kappa shape index (κ2) is 14.1. The minimum atomic E-state index is 0.413. The lowest BCUT2D eigenvalue weighted by molar-refractivity contribution is 0.105. The first-order valence-electron chi connectivity index (χ1n) is 11.6. The van der Waals surface area contributed by atoms with Gasteiger partial charge in [-0.1, -0.05) is 105 Å². The first-order valence-corrected chi connectivity index (χ1v) is 11.6. The molecule has 1 fully saturated rings. The topological polar surface area (TPSA) is 9.23 Å². The smallest absolute Gasteiger partial charge is 0.0471 e. The van der Waals surface area contributed by atoms with Gasteiger partial charge in [-0.15, -0.1) is 0 Å². The molecule has 0 aromatic rings. The van der Waals surface area contributed by atoms with E-state index in [0.29, 0.717) is 5.41 Å². The van der Waals surface area contributed by atoms with Gasteiger partial charge in [0.05, 0.1) is 0 Å². The lowest BCUT2D eigenvalue weighted by atomic mass is 9.93. The highest BCUT2D eigenvalue weighted by atomic mass is 16.5. The Morgan fingerprint density at radius 2 is 1.20 bits per heavy atom. The minimum absolute atomic E-state index is 0.413. The third kappa shape index (κ3) is 14.8. The van der Waals surface area contributed by atoms with Crippen LogP contribution in [-0.2, 0) is 4.74 Å². The quantitative estimate of drug-likeness (QED) is 0.240. The van der Waals surface area contributed by atoms with E-state index in [1.807, 2.05) is 0 Å². The Morgan fingerprint density at radius 3 is 1.76 bits per heavy atom. The Bertz CT molecular complexity index is 291. The standard InChI is InChI=1S/C24H48O/c1-5-6-7-8-9-10-13-16-22-21-23(22)17-14-11-12-15-19-25-20-18-24(2,3)4/h22-23H,5-21H2,1-4H3. The van der Waals surface area contributed by atoms with Crippen LogP contribution in [0, 0.1) is 17.3 Å². The molecule has 0 saturated heterocycles. The predicted molar refractivity (Wildman–Crippen MR) is 112 cm³/mol. The first-order chi connectivity index (χ1) is 12.0. The summed E-state index contributed by atoms with van der Waals surface area (Å²) in [6.45, 7) is 11.1. The van der Waals surface area contributed by atoms with E-state index in [-0.39, 0.29) is 0 Å². The van der Waals surface area contributed by atoms with Crippen LogP contribution in [0.25, 0.3) is 0 Å². The van der Waals surface area contributed by atoms with Gasteiger partial charge in [-0.25, -0.2) is 0 Å². The molecule has 1 aliphatic rings. The Balaban J connectivity index is 1.75. The van der Waals surface area contributed by atoms with Crippen molar-refractivity contribution in [3.05, 3.63) is 0 Å². The van der Waals surface area contributed by atoms with E-state index < -0.39 is 0 Å². The summed E-state index contributed by atoms with van der Waals surface area (Å²) in [7, 11) is 0. The molecule has 0 aliphatic heterocycles. The molecule has 0 aromatic carbocycles. The van der Waals surface area contributed by atoms with Crippen LogP contribution in [0.1, 0.15) is 124 Å². The second-order valence-electron chi connectivity index (χ2n) is 9.79. The van der Waals surface area contributed by atoms with Crippen molar-refractivity contribution < 1.29 is 4.74 Å². The van der Waals surface area contributed by atoms with Crippen molar-refractivity contribution in [2.45, 2.75) is 124 Å². The molecule has 1 aliphatic carbocycles. The lowest BCUT2D eigenvalue weighted by Crippen LogP contribution is -2.09. The van der Waals surface area contributed by atoms with Gasteiger partial charge in [0.1, 0.15) is 0 Å². The van der Waals surface area contributed by atoms with E-state index in [4.69, 9.17) is 4.74 Å². The summed E-state index contributed by atoms with van der Waals surface area (Å²) in [5, 5.41) is 0. The molecule has 150 valence electrons. The van der Waals surface area contributed by atoms with Gasteiger partial charge in [0, 0.05) is 13.2 Å². The molecule has 0 spiro atoms. The van der Waals surface area contributed by atoms with Gasteiger partial charge in [-0.05, 0) is 36.5 Å². The molecule has 0 bridgehead atoms. The number of hydrogen-bond donors (Lipinski definition) is 0. The van der Waals surface area contributed by atoms with Crippen LogP contribution in [0.2, 0.25) is 0 Å². The fourth-order valence-electron chi connectivity index (χ4n) is 3.83. The van der Waals surface area contributed by atoms with Crippen LogP contribution in [0.4, 0.5) is 0 Å². The van der Waals surface area contributed by atoms with E-state index in [9.17, 15) is 0 Å². The van der Waals surface area contributed by atoms with Crippen molar-refractivity contribution in [3.63, 3.8) is 0 Å². The Hall–Kier alpha value is -0.0400. The molecular weight excluding hydrogens is 304 g/mol. The van der Waals surface area contributed by atoms with E-state index in [2.05, 4.69) is 27.7 Å². The summed E-state index contributed by atoms with van der Waals surface area (Å²) in [5.41, 5.74) is 0.413. The van der Waals surface area contributed by atoms with E-state index in [1.165, 1.54) is 89.9 Å². The molecule has 25 heavy (non-hydrogen) atoms. The van der Waals surface area contributed by atoms with Crippen LogP contribution in [0.15, 0.2) is 0 Å². The Kier molecular flexibility index (Phi) is 12.9. The van der Waals surface area contributed by atoms with E-state index in [0.717, 1.165) is 25.0 Å². The zero-order valence-electron chi connectivity index (χ0n) is 18.1. The molecule has 1 heteroatoms. The molecule has 2 atom stereocenters. The van der Waals surface area contributed by atoms with Crippen LogP contribution < -0.4 is 0 Å². The highest BCUT2D eigenvalue weighted by Gasteiger charge is 2.34. The number of rotatable bonds is 17. The summed E-state index contributed by atoms with van der Waals surface area (Å²) < 4.78 is 5.75. The Morgan fingerprint density at radius 1 is 0.680 bits per heavy atom. The van der Waals surface area contributed by atoms with Gasteiger partial charge in [0.15, 0.2) is 0 Å². The molecule has 0 aromatic heterocycles. The van der Waals surface area contributed by atoms with Gasteiger partial charge < -0.3 is 4.74 Å². The summed E-state index contributed by atoms with van der Waals surface area (Å²) in [5.74, 6) is 2.21. The highest BCUT2D eigenvalue weighted by Crippen LogP contribution is 2.45. The Labute approximate surface area is 159 Å². The van der Waals surface area contributed by atoms with Gasteiger partial charge in [0.25, 0.3) is 0 Å². The average Bonchev–Trinajstić information content (AvgIpc) is 3.30. The van der Waals surface area contributed by atoms with Crippen molar-refractivity contribution >= 4 is 0 Å². The molecule has 0 amide bonds. The summed E-state index contributed by atoms with van der Waals surface area (Å²) >= 11 is 0. The third-order valence-electron chi connectivity index (χ3n) is 5.86. The van der Waals surface area contributed by atoms with Crippen LogP contribution in [-0.4, -0.2) is 13.2 Å². The zero-order chi connectivity index (χ0) is 18.4. The maximum Gasteiger partial charge on any atom is 0.0471 e. The summed E-state index contributed by atoms with van der Waals surface area (Å²) in [6.07, 6.45) is 21.5. The van der Waals surface area contributed by atoms with E-state index >= 15 is 0 Å². The molecular formula is C24H48O. The lowest BCUT2D eigenvalue weighted by Gasteiger charge is -2.17. The SMILES string of the molecule is CCCCCCCCCC1CC1CCCCCCOCCC(C)(C)C. The largest absolute Gasteiger partial charge is 0.381 e. The molecule has 1 rings (SSSR count). The second-order valence-corrected chi connectivity index (χ2v) is 9.79. The predicted octanol–water partition coefficient (Wildman–Crippen LogP) is 8.17. The molecule has 1 nitrogen and oxygen atoms in total. The van der Waals surface area contributed by atoms with Crippen molar-refractivity contribution in [1.82, 2.24) is 0 Å². The third-order valence-corrected chi connectivity index (χ3v) is 5.86. The molecule has 1 saturated carbocycles. The van der Waals surface area contributed by atoms with Gasteiger partial charge in [0.2, 0.25) is 0 Å². The maximum atomic E-state index is 5.75. The molecule has 0 radical (unpaired) electrons. The van der Waals surface area contributed by atoms with Crippen LogP contribution in [0.3, 0.4) is 0 Å². The minimum Gasteiger partial charge on any atom is -0.381 e. The van der Waals surface area contributed by atoms with Crippen molar-refractivity contribution in [3.8, 4) is 0 Å². The van der Waals surface area contributed by atoms with Crippen molar-refractivity contribution in [2.75, 3.05) is 13.2 Å². The number of ether oxygens (including phenoxy) is 1. The van der Waals surface area contributed by atoms with Gasteiger partial charge >= 0.3 is 0 Å². The highest BCUT2D eigenvalue weighted by molar-refractivity contribution is 4.85. The number of unbranched alkanes of at least 4 members (excludes halogenated alkanes) is 9. The molecule has 0 N–H and O–H groups in total. The number of hydrogen-bond acceptors (Lipinski definition) is 1. The van der Waals surface area contributed by atoms with Crippen LogP contribution >= 0.6 is 0 Å². The monoisotopic (exact) mass is 352 g/mol. The summed E-state index contributed by atoms with van der Waals surface area (Å²) in [4.78, 5) is 0. The van der Waals surface area contributed by atoms with E-state index in [1.54, 1.807) is 6.42 Å². The summed E-state index contributed by atoms with van der Waals surface area (Å²) in [6, 6.07) is 0. The molecule has 2 unspecified atom stereocenters. The normalized spacial score (nSPS) is 20.2. The zero-order valence-corrected chi connectivity index (χ0v) is 18.1. The fourth-order valence-corrected chi connectivity index (χ4v) is 3.83. The maximum absolute atomic E-state index is 5.75. The van der Waals surface area contributed by atoms with Crippen molar-refractivity contribution in [2.24, 2.45) is 17.3 Å². The van der Waals surface area contributed by atoms with Crippen LogP contribution in [0.5, 0.6) is 0 Å². The molecule has 0 heterocycles. The fraction of sp³-hybridized carbons (Fsp3) is 1.00. The van der Waals surface area contributed by atoms with Gasteiger partial charge in [-0.3, -0.25) is 0 Å². The van der Waals surface area contributed by atoms with Gasteiger partial charge in [-0.2, -0.15) is 0 Å². The first kappa shape index (κ1) is 23.0. The average molecular weight is 353 g/mol.